The highest BCUT2D eigenvalue weighted by molar-refractivity contribution is 5.83. The number of pyridine rings is 2. The molecule has 0 saturated carbocycles. The molecule has 9 heteroatoms. The van der Waals surface area contributed by atoms with Crippen LogP contribution in [0.2, 0.25) is 0 Å². The van der Waals surface area contributed by atoms with Gasteiger partial charge >= 0.3 is 0 Å². The van der Waals surface area contributed by atoms with E-state index in [0.29, 0.717) is 22.7 Å². The summed E-state index contributed by atoms with van der Waals surface area (Å²) in [4.78, 5) is 29.1. The maximum absolute atomic E-state index is 13.6. The molecule has 0 unspecified atom stereocenters. The van der Waals surface area contributed by atoms with Crippen molar-refractivity contribution < 1.29 is 9.18 Å². The zero-order chi connectivity index (χ0) is 27.1. The van der Waals surface area contributed by atoms with Gasteiger partial charge in [0.25, 0.3) is 0 Å². The first-order valence-electron chi connectivity index (χ1n) is 13.4. The fourth-order valence-corrected chi connectivity index (χ4v) is 5.53. The predicted octanol–water partition coefficient (Wildman–Crippen LogP) is 5.27. The minimum atomic E-state index is -0.298. The summed E-state index contributed by atoms with van der Waals surface area (Å²) in [5, 5.41) is 4.85. The summed E-state index contributed by atoms with van der Waals surface area (Å²) in [6, 6.07) is 19.9. The molecular formula is C31H26FN7O. The van der Waals surface area contributed by atoms with Crippen molar-refractivity contribution in [2.75, 3.05) is 18.0 Å². The van der Waals surface area contributed by atoms with E-state index in [9.17, 15) is 9.18 Å². The van der Waals surface area contributed by atoms with Crippen molar-refractivity contribution in [2.24, 2.45) is 5.92 Å². The normalized spacial score (nSPS) is 14.3. The molecule has 198 valence electrons. The van der Waals surface area contributed by atoms with Gasteiger partial charge in [-0.1, -0.05) is 6.07 Å². The standard InChI is InChI=1S/C31H26FN7O/c32-23-6-4-22(5-7-23)30-31(38-16-2-1-3-28(38)35-30)26-8-9-29-34-24(20-39(29)36-26)19-27(40)21-12-17-37(18-13-21)25-10-14-33-15-11-25/h1-11,14-16,20-21H,12-13,17-19H2. The number of hydrogen-bond donors (Lipinski definition) is 0. The molecule has 1 aliphatic rings. The highest BCUT2D eigenvalue weighted by Gasteiger charge is 2.26. The highest BCUT2D eigenvalue weighted by atomic mass is 19.1. The molecule has 0 bridgehead atoms. The molecule has 7 rings (SSSR count). The van der Waals surface area contributed by atoms with Gasteiger partial charge < -0.3 is 4.90 Å². The van der Waals surface area contributed by atoms with Crippen molar-refractivity contribution in [1.29, 1.82) is 0 Å². The first kappa shape index (κ1) is 24.1. The Morgan fingerprint density at radius 3 is 2.50 bits per heavy atom. The van der Waals surface area contributed by atoms with Crippen LogP contribution in [0.1, 0.15) is 18.5 Å². The summed E-state index contributed by atoms with van der Waals surface area (Å²) in [6.45, 7) is 1.71. The van der Waals surface area contributed by atoms with Crippen molar-refractivity contribution in [3.05, 3.63) is 103 Å². The lowest BCUT2D eigenvalue weighted by Gasteiger charge is -2.32. The Morgan fingerprint density at radius 1 is 0.900 bits per heavy atom. The molecule has 5 aromatic heterocycles. The number of hydrogen-bond acceptors (Lipinski definition) is 6. The average Bonchev–Trinajstić information content (AvgIpc) is 3.58. The van der Waals surface area contributed by atoms with Crippen LogP contribution in [0.25, 0.3) is 33.9 Å². The molecule has 0 atom stereocenters. The Bertz CT molecular complexity index is 1820. The number of aromatic nitrogens is 6. The molecule has 0 radical (unpaired) electrons. The first-order valence-corrected chi connectivity index (χ1v) is 13.4. The minimum Gasteiger partial charge on any atom is -0.371 e. The second-order valence-electron chi connectivity index (χ2n) is 10.1. The van der Waals surface area contributed by atoms with Gasteiger partial charge in [-0.25, -0.2) is 18.9 Å². The van der Waals surface area contributed by atoms with E-state index in [1.54, 1.807) is 29.0 Å². The van der Waals surface area contributed by atoms with Gasteiger partial charge in [0, 0.05) is 48.8 Å². The van der Waals surface area contributed by atoms with E-state index in [0.717, 1.165) is 48.5 Å². The maximum atomic E-state index is 13.6. The van der Waals surface area contributed by atoms with Crippen molar-refractivity contribution in [3.8, 4) is 22.6 Å². The number of carbonyl (C=O) groups is 1. The van der Waals surface area contributed by atoms with Gasteiger partial charge in [0.1, 0.15) is 28.6 Å². The lowest BCUT2D eigenvalue weighted by atomic mass is 9.90. The van der Waals surface area contributed by atoms with E-state index < -0.39 is 0 Å². The molecule has 1 fully saturated rings. The molecule has 1 saturated heterocycles. The van der Waals surface area contributed by atoms with E-state index in [1.807, 2.05) is 59.3 Å². The third-order valence-electron chi connectivity index (χ3n) is 7.59. The zero-order valence-corrected chi connectivity index (χ0v) is 21.7. The van der Waals surface area contributed by atoms with Crippen molar-refractivity contribution in [1.82, 2.24) is 29.0 Å². The fraction of sp³-hybridized carbons (Fsp3) is 0.194. The van der Waals surface area contributed by atoms with Crippen LogP contribution in [0.5, 0.6) is 0 Å². The number of benzene rings is 1. The second kappa shape index (κ2) is 10.00. The van der Waals surface area contributed by atoms with Gasteiger partial charge in [0.15, 0.2) is 5.65 Å². The summed E-state index contributed by atoms with van der Waals surface area (Å²) < 4.78 is 17.3. The van der Waals surface area contributed by atoms with E-state index in [4.69, 9.17) is 10.1 Å². The summed E-state index contributed by atoms with van der Waals surface area (Å²) >= 11 is 0. The minimum absolute atomic E-state index is 0.0304. The Labute approximate surface area is 229 Å². The van der Waals surface area contributed by atoms with Crippen LogP contribution >= 0.6 is 0 Å². The quantitative estimate of drug-likeness (QED) is 0.291. The Kier molecular flexibility index (Phi) is 6.03. The molecule has 1 aromatic carbocycles. The maximum Gasteiger partial charge on any atom is 0.153 e. The predicted molar refractivity (Wildman–Crippen MR) is 150 cm³/mol. The van der Waals surface area contributed by atoms with Gasteiger partial charge in [-0.2, -0.15) is 5.10 Å². The first-order chi connectivity index (χ1) is 19.6. The van der Waals surface area contributed by atoms with Crippen LogP contribution in [-0.2, 0) is 11.2 Å². The van der Waals surface area contributed by atoms with E-state index in [1.165, 1.54) is 12.1 Å². The lowest BCUT2D eigenvalue weighted by Crippen LogP contribution is -2.36. The van der Waals surface area contributed by atoms with Gasteiger partial charge in [-0.15, -0.1) is 0 Å². The van der Waals surface area contributed by atoms with Gasteiger partial charge in [-0.3, -0.25) is 14.2 Å². The number of halogens is 1. The largest absolute Gasteiger partial charge is 0.371 e. The Balaban J connectivity index is 1.14. The molecule has 0 amide bonds. The summed E-state index contributed by atoms with van der Waals surface area (Å²) in [5.74, 6) is -0.0466. The SMILES string of the molecule is O=C(Cc1cn2nc(-c3c(-c4ccc(F)cc4)nc4ccccn34)ccc2n1)C1CCN(c2ccncc2)CC1. The highest BCUT2D eigenvalue weighted by Crippen LogP contribution is 2.32. The fourth-order valence-electron chi connectivity index (χ4n) is 5.53. The number of imidazole rings is 2. The second-order valence-corrected chi connectivity index (χ2v) is 10.1. The van der Waals surface area contributed by atoms with Gasteiger partial charge in [0.05, 0.1) is 24.0 Å². The molecule has 6 aromatic rings. The molecular weight excluding hydrogens is 505 g/mol. The molecule has 6 heterocycles. The van der Waals surface area contributed by atoms with E-state index >= 15 is 0 Å². The van der Waals surface area contributed by atoms with Crippen LogP contribution in [0.15, 0.2) is 91.5 Å². The van der Waals surface area contributed by atoms with Crippen molar-refractivity contribution in [3.63, 3.8) is 0 Å². The van der Waals surface area contributed by atoms with E-state index in [-0.39, 0.29) is 23.9 Å². The van der Waals surface area contributed by atoms with Crippen LogP contribution in [0, 0.1) is 11.7 Å². The Hall–Kier alpha value is -4.92. The van der Waals surface area contributed by atoms with Crippen LogP contribution < -0.4 is 4.90 Å². The van der Waals surface area contributed by atoms with Gasteiger partial charge in [-0.05, 0) is 73.5 Å². The number of anilines is 1. The average molecular weight is 532 g/mol. The number of rotatable bonds is 6. The summed E-state index contributed by atoms with van der Waals surface area (Å²) in [6.07, 6.45) is 9.32. The molecule has 40 heavy (non-hydrogen) atoms. The molecule has 1 aliphatic heterocycles. The number of carbonyl (C=O) groups excluding carboxylic acids is 1. The van der Waals surface area contributed by atoms with Crippen molar-refractivity contribution in [2.45, 2.75) is 19.3 Å². The zero-order valence-electron chi connectivity index (χ0n) is 21.7. The molecule has 8 nitrogen and oxygen atoms in total. The Morgan fingerprint density at radius 2 is 1.70 bits per heavy atom. The molecule has 0 spiro atoms. The number of Topliss-reactive ketones (excluding diaryl/α,β-unsaturated/α-hetero) is 1. The van der Waals surface area contributed by atoms with Gasteiger partial charge in [0.2, 0.25) is 0 Å². The van der Waals surface area contributed by atoms with Crippen LogP contribution in [0.4, 0.5) is 10.1 Å². The third-order valence-corrected chi connectivity index (χ3v) is 7.59. The number of piperidine rings is 1. The summed E-state index contributed by atoms with van der Waals surface area (Å²) in [7, 11) is 0. The third kappa shape index (κ3) is 4.49. The molecule has 0 N–H and O–H groups in total. The number of ketones is 1. The number of nitrogens with zero attached hydrogens (tertiary/aromatic N) is 7. The van der Waals surface area contributed by atoms with Crippen molar-refractivity contribution >= 4 is 22.8 Å². The lowest BCUT2D eigenvalue weighted by molar-refractivity contribution is -0.122. The van der Waals surface area contributed by atoms with Crippen LogP contribution in [0.3, 0.4) is 0 Å². The topological polar surface area (TPSA) is 80.7 Å². The number of fused-ring (bicyclic) bond motifs is 2. The smallest absolute Gasteiger partial charge is 0.153 e. The summed E-state index contributed by atoms with van der Waals surface area (Å²) in [5.41, 5.74) is 6.32. The molecule has 0 aliphatic carbocycles. The monoisotopic (exact) mass is 531 g/mol. The van der Waals surface area contributed by atoms with E-state index in [2.05, 4.69) is 14.9 Å². The van der Waals surface area contributed by atoms with Crippen LogP contribution in [-0.4, -0.2) is 47.8 Å².